The van der Waals surface area contributed by atoms with Crippen LogP contribution in [-0.4, -0.2) is 37.2 Å². The molecule has 1 aromatic rings. The number of nitrogens with zero attached hydrogens (tertiary/aromatic N) is 1. The molecule has 112 valence electrons. The van der Waals surface area contributed by atoms with Gasteiger partial charge >= 0.3 is 6.61 Å². The molecule has 1 aromatic carbocycles. The summed E-state index contributed by atoms with van der Waals surface area (Å²) in [4.78, 5) is 2.49. The zero-order valence-corrected chi connectivity index (χ0v) is 11.8. The predicted octanol–water partition coefficient (Wildman–Crippen LogP) is 2.86. The number of rotatable bonds is 9. The summed E-state index contributed by atoms with van der Waals surface area (Å²) in [6.45, 7) is 3.29. The lowest BCUT2D eigenvalue weighted by atomic mass is 10.2. The van der Waals surface area contributed by atoms with Crippen molar-refractivity contribution in [3.63, 3.8) is 0 Å². The Morgan fingerprint density at radius 3 is 2.55 bits per heavy atom. The number of hydrogen-bond acceptors (Lipinski definition) is 3. The van der Waals surface area contributed by atoms with Crippen LogP contribution in [0.1, 0.15) is 25.3 Å². The van der Waals surface area contributed by atoms with Crippen LogP contribution in [0, 0.1) is 0 Å². The average Bonchev–Trinajstić information content (AvgIpc) is 3.24. The smallest absolute Gasteiger partial charge is 0.387 e. The molecule has 0 radical (unpaired) electrons. The number of halogens is 2. The Bertz CT molecular complexity index is 393. The lowest BCUT2D eigenvalue weighted by Gasteiger charge is -2.19. The van der Waals surface area contributed by atoms with Gasteiger partial charge in [-0.3, -0.25) is 4.90 Å². The standard InChI is InChI=1S/C15H22F2N2O/c1-2-19(13-5-6-13)10-9-18-11-12-3-7-14(8-4-12)20-15(16)17/h3-4,7-8,13,15,18H,2,5-6,9-11H2,1H3. The van der Waals surface area contributed by atoms with Gasteiger partial charge in [0.05, 0.1) is 0 Å². The zero-order valence-electron chi connectivity index (χ0n) is 11.8. The van der Waals surface area contributed by atoms with Gasteiger partial charge in [0.15, 0.2) is 0 Å². The van der Waals surface area contributed by atoms with Crippen LogP contribution < -0.4 is 10.1 Å². The maximum absolute atomic E-state index is 12.0. The van der Waals surface area contributed by atoms with E-state index in [9.17, 15) is 8.78 Å². The molecule has 2 rings (SSSR count). The Hall–Kier alpha value is -1.20. The van der Waals surface area contributed by atoms with E-state index in [-0.39, 0.29) is 5.75 Å². The third kappa shape index (κ3) is 5.06. The van der Waals surface area contributed by atoms with Crippen molar-refractivity contribution < 1.29 is 13.5 Å². The maximum Gasteiger partial charge on any atom is 0.387 e. The largest absolute Gasteiger partial charge is 0.435 e. The first kappa shape index (κ1) is 15.2. The van der Waals surface area contributed by atoms with Crippen LogP contribution in [0.2, 0.25) is 0 Å². The summed E-state index contributed by atoms with van der Waals surface area (Å²) in [6, 6.07) is 7.57. The molecule has 1 aliphatic rings. The maximum atomic E-state index is 12.0. The van der Waals surface area contributed by atoms with Gasteiger partial charge in [0, 0.05) is 25.7 Å². The van der Waals surface area contributed by atoms with E-state index in [2.05, 4.69) is 21.9 Å². The lowest BCUT2D eigenvalue weighted by molar-refractivity contribution is -0.0498. The van der Waals surface area contributed by atoms with Gasteiger partial charge in [0.2, 0.25) is 0 Å². The summed E-state index contributed by atoms with van der Waals surface area (Å²) < 4.78 is 28.3. The molecule has 1 aliphatic carbocycles. The highest BCUT2D eigenvalue weighted by Gasteiger charge is 2.26. The van der Waals surface area contributed by atoms with Crippen molar-refractivity contribution in [2.75, 3.05) is 19.6 Å². The second-order valence-electron chi connectivity index (χ2n) is 5.06. The molecular weight excluding hydrogens is 262 g/mol. The number of alkyl halides is 2. The minimum atomic E-state index is -2.76. The third-order valence-electron chi connectivity index (χ3n) is 3.52. The molecule has 0 spiro atoms. The summed E-state index contributed by atoms with van der Waals surface area (Å²) in [7, 11) is 0. The van der Waals surface area contributed by atoms with Crippen molar-refractivity contribution in [3.05, 3.63) is 29.8 Å². The highest BCUT2D eigenvalue weighted by atomic mass is 19.3. The monoisotopic (exact) mass is 284 g/mol. The Morgan fingerprint density at radius 1 is 1.30 bits per heavy atom. The predicted molar refractivity (Wildman–Crippen MR) is 75.0 cm³/mol. The van der Waals surface area contributed by atoms with Gasteiger partial charge in [0.25, 0.3) is 0 Å². The summed E-state index contributed by atoms with van der Waals surface area (Å²) >= 11 is 0. The molecule has 20 heavy (non-hydrogen) atoms. The fourth-order valence-electron chi connectivity index (χ4n) is 2.28. The fourth-order valence-corrected chi connectivity index (χ4v) is 2.28. The topological polar surface area (TPSA) is 24.5 Å². The van der Waals surface area contributed by atoms with E-state index in [0.717, 1.165) is 37.8 Å². The second-order valence-corrected chi connectivity index (χ2v) is 5.06. The first-order chi connectivity index (χ1) is 9.69. The van der Waals surface area contributed by atoms with Crippen LogP contribution in [0.25, 0.3) is 0 Å². The minimum absolute atomic E-state index is 0.203. The minimum Gasteiger partial charge on any atom is -0.435 e. The van der Waals surface area contributed by atoms with Crippen LogP contribution in [0.3, 0.4) is 0 Å². The SMILES string of the molecule is CCN(CCNCc1ccc(OC(F)F)cc1)C1CC1. The van der Waals surface area contributed by atoms with Gasteiger partial charge in [-0.25, -0.2) is 0 Å². The van der Waals surface area contributed by atoms with Crippen LogP contribution in [-0.2, 0) is 6.54 Å². The first-order valence-corrected chi connectivity index (χ1v) is 7.17. The molecule has 0 amide bonds. The molecule has 0 unspecified atom stereocenters. The van der Waals surface area contributed by atoms with Gasteiger partial charge < -0.3 is 10.1 Å². The van der Waals surface area contributed by atoms with E-state index in [4.69, 9.17) is 0 Å². The van der Waals surface area contributed by atoms with Crippen molar-refractivity contribution in [2.45, 2.75) is 39.0 Å². The van der Waals surface area contributed by atoms with Crippen molar-refractivity contribution in [3.8, 4) is 5.75 Å². The molecule has 5 heteroatoms. The molecule has 1 saturated carbocycles. The van der Waals surface area contributed by atoms with Crippen molar-refractivity contribution in [1.29, 1.82) is 0 Å². The van der Waals surface area contributed by atoms with Crippen molar-refractivity contribution >= 4 is 0 Å². The molecule has 1 fully saturated rings. The molecule has 0 aliphatic heterocycles. The first-order valence-electron chi connectivity index (χ1n) is 7.17. The number of likely N-dealkylation sites (N-methyl/N-ethyl adjacent to an activating group) is 1. The zero-order chi connectivity index (χ0) is 14.4. The third-order valence-corrected chi connectivity index (χ3v) is 3.52. The van der Waals surface area contributed by atoms with Crippen LogP contribution in [0.5, 0.6) is 5.75 Å². The molecule has 0 saturated heterocycles. The van der Waals surface area contributed by atoms with E-state index in [1.165, 1.54) is 12.8 Å². The Balaban J connectivity index is 1.65. The van der Waals surface area contributed by atoms with Crippen LogP contribution in [0.4, 0.5) is 8.78 Å². The Morgan fingerprint density at radius 2 is 2.00 bits per heavy atom. The van der Waals surface area contributed by atoms with E-state index in [1.807, 2.05) is 12.1 Å². The van der Waals surface area contributed by atoms with Gasteiger partial charge in [-0.2, -0.15) is 8.78 Å². The molecule has 0 bridgehead atoms. The lowest BCUT2D eigenvalue weighted by Crippen LogP contribution is -2.33. The van der Waals surface area contributed by atoms with E-state index in [1.54, 1.807) is 12.1 Å². The van der Waals surface area contributed by atoms with Gasteiger partial charge in [-0.05, 0) is 37.1 Å². The quantitative estimate of drug-likeness (QED) is 0.706. The van der Waals surface area contributed by atoms with Gasteiger partial charge in [-0.1, -0.05) is 19.1 Å². The number of nitrogens with one attached hydrogen (secondary N) is 1. The molecular formula is C15H22F2N2O. The van der Waals surface area contributed by atoms with E-state index >= 15 is 0 Å². The normalized spacial score (nSPS) is 15.1. The Kier molecular flexibility index (Phi) is 5.73. The fraction of sp³-hybridized carbons (Fsp3) is 0.600. The Labute approximate surface area is 118 Å². The summed E-state index contributed by atoms with van der Waals surface area (Å²) in [5.74, 6) is 0.203. The summed E-state index contributed by atoms with van der Waals surface area (Å²) in [6.07, 6.45) is 2.67. The summed E-state index contributed by atoms with van der Waals surface area (Å²) in [5, 5.41) is 3.38. The number of benzene rings is 1. The molecule has 0 atom stereocenters. The number of ether oxygens (including phenoxy) is 1. The molecule has 0 heterocycles. The van der Waals surface area contributed by atoms with Crippen LogP contribution >= 0.6 is 0 Å². The van der Waals surface area contributed by atoms with E-state index < -0.39 is 6.61 Å². The van der Waals surface area contributed by atoms with Crippen LogP contribution in [0.15, 0.2) is 24.3 Å². The van der Waals surface area contributed by atoms with Crippen molar-refractivity contribution in [2.24, 2.45) is 0 Å². The molecule has 3 nitrogen and oxygen atoms in total. The van der Waals surface area contributed by atoms with E-state index in [0.29, 0.717) is 0 Å². The molecule has 0 aromatic heterocycles. The van der Waals surface area contributed by atoms with Gasteiger partial charge in [0.1, 0.15) is 5.75 Å². The van der Waals surface area contributed by atoms with Crippen molar-refractivity contribution in [1.82, 2.24) is 10.2 Å². The van der Waals surface area contributed by atoms with Gasteiger partial charge in [-0.15, -0.1) is 0 Å². The summed E-state index contributed by atoms with van der Waals surface area (Å²) in [5.41, 5.74) is 1.07. The number of hydrogen-bond donors (Lipinski definition) is 1. The second kappa shape index (κ2) is 7.55. The average molecular weight is 284 g/mol. The molecule has 1 N–H and O–H groups in total. The highest BCUT2D eigenvalue weighted by Crippen LogP contribution is 2.25. The highest BCUT2D eigenvalue weighted by molar-refractivity contribution is 5.27.